The standard InChI is InChI=1S/C12H14N2O4/c1-8(7-15)13-11(16)6-14-9-4-2-3-5-10(9)18-12(14)17/h2-5,8,15H,6-7H2,1H3,(H,13,16)/t8-/m0/s1. The summed E-state index contributed by atoms with van der Waals surface area (Å²) >= 11 is 0. The molecule has 0 spiro atoms. The fraction of sp³-hybridized carbons (Fsp3) is 0.333. The lowest BCUT2D eigenvalue weighted by molar-refractivity contribution is -0.122. The zero-order valence-corrected chi connectivity index (χ0v) is 9.92. The van der Waals surface area contributed by atoms with Gasteiger partial charge in [-0.2, -0.15) is 0 Å². The summed E-state index contributed by atoms with van der Waals surface area (Å²) in [6.07, 6.45) is 0. The van der Waals surface area contributed by atoms with Crippen LogP contribution in [0.15, 0.2) is 33.5 Å². The molecule has 0 aliphatic heterocycles. The summed E-state index contributed by atoms with van der Waals surface area (Å²) in [6.45, 7) is 1.40. The maximum absolute atomic E-state index is 11.7. The minimum absolute atomic E-state index is 0.125. The zero-order chi connectivity index (χ0) is 13.1. The largest absolute Gasteiger partial charge is 0.420 e. The lowest BCUT2D eigenvalue weighted by Gasteiger charge is -2.10. The second kappa shape index (κ2) is 5.05. The Morgan fingerprint density at radius 3 is 2.94 bits per heavy atom. The van der Waals surface area contributed by atoms with Crippen LogP contribution in [0.1, 0.15) is 6.92 Å². The normalized spacial score (nSPS) is 12.6. The number of oxazole rings is 1. The van der Waals surface area contributed by atoms with Crippen LogP contribution in [-0.4, -0.2) is 28.2 Å². The molecule has 0 saturated carbocycles. The number of nitrogens with one attached hydrogen (secondary N) is 1. The van der Waals surface area contributed by atoms with E-state index in [2.05, 4.69) is 5.32 Å². The smallest absolute Gasteiger partial charge is 0.408 e. The number of hydrogen-bond donors (Lipinski definition) is 2. The molecule has 1 heterocycles. The Labute approximate surface area is 103 Å². The Kier molecular flexibility index (Phi) is 3.47. The molecule has 0 saturated heterocycles. The molecule has 18 heavy (non-hydrogen) atoms. The average Bonchev–Trinajstić information content (AvgIpc) is 2.66. The summed E-state index contributed by atoms with van der Waals surface area (Å²) in [6, 6.07) is 6.56. The van der Waals surface area contributed by atoms with Gasteiger partial charge in [0, 0.05) is 6.04 Å². The number of hydrogen-bond acceptors (Lipinski definition) is 4. The fourth-order valence-corrected chi connectivity index (χ4v) is 1.67. The zero-order valence-electron chi connectivity index (χ0n) is 9.92. The number of para-hydroxylation sites is 2. The van der Waals surface area contributed by atoms with Crippen molar-refractivity contribution < 1.29 is 14.3 Å². The van der Waals surface area contributed by atoms with Gasteiger partial charge in [-0.1, -0.05) is 12.1 Å². The first-order valence-electron chi connectivity index (χ1n) is 5.60. The van der Waals surface area contributed by atoms with Crippen LogP contribution >= 0.6 is 0 Å². The van der Waals surface area contributed by atoms with Crippen LogP contribution in [0.25, 0.3) is 11.1 Å². The summed E-state index contributed by atoms with van der Waals surface area (Å²) in [5, 5.41) is 11.4. The Morgan fingerprint density at radius 2 is 2.22 bits per heavy atom. The van der Waals surface area contributed by atoms with Crippen LogP contribution in [0.3, 0.4) is 0 Å². The van der Waals surface area contributed by atoms with E-state index in [1.807, 2.05) is 0 Å². The van der Waals surface area contributed by atoms with E-state index in [1.165, 1.54) is 4.57 Å². The second-order valence-corrected chi connectivity index (χ2v) is 4.07. The molecular weight excluding hydrogens is 236 g/mol. The van der Waals surface area contributed by atoms with Crippen molar-refractivity contribution in [3.8, 4) is 0 Å². The van der Waals surface area contributed by atoms with Gasteiger partial charge < -0.3 is 14.8 Å². The Morgan fingerprint density at radius 1 is 1.50 bits per heavy atom. The van der Waals surface area contributed by atoms with Crippen molar-refractivity contribution in [1.29, 1.82) is 0 Å². The molecule has 6 nitrogen and oxygen atoms in total. The van der Waals surface area contributed by atoms with Crippen LogP contribution in [0.5, 0.6) is 0 Å². The van der Waals surface area contributed by atoms with E-state index in [1.54, 1.807) is 31.2 Å². The summed E-state index contributed by atoms with van der Waals surface area (Å²) in [7, 11) is 0. The molecule has 0 unspecified atom stereocenters. The van der Waals surface area contributed by atoms with Crippen molar-refractivity contribution in [2.45, 2.75) is 19.5 Å². The Hall–Kier alpha value is -2.08. The highest BCUT2D eigenvalue weighted by Crippen LogP contribution is 2.11. The maximum atomic E-state index is 11.7. The number of amides is 1. The number of carbonyl (C=O) groups is 1. The van der Waals surface area contributed by atoms with Crippen molar-refractivity contribution >= 4 is 17.0 Å². The van der Waals surface area contributed by atoms with E-state index in [0.29, 0.717) is 11.1 Å². The molecule has 1 amide bonds. The lowest BCUT2D eigenvalue weighted by Crippen LogP contribution is -2.38. The van der Waals surface area contributed by atoms with Crippen LogP contribution in [0, 0.1) is 0 Å². The average molecular weight is 250 g/mol. The van der Waals surface area contributed by atoms with Gasteiger partial charge in [0.1, 0.15) is 6.54 Å². The molecule has 0 radical (unpaired) electrons. The number of benzene rings is 1. The molecule has 2 aromatic rings. The second-order valence-electron chi connectivity index (χ2n) is 4.07. The number of carbonyl (C=O) groups excluding carboxylic acids is 1. The summed E-state index contributed by atoms with van der Waals surface area (Å²) in [4.78, 5) is 23.2. The number of fused-ring (bicyclic) bond motifs is 1. The quantitative estimate of drug-likeness (QED) is 0.805. The van der Waals surface area contributed by atoms with Gasteiger partial charge >= 0.3 is 5.76 Å². The molecule has 2 N–H and O–H groups in total. The lowest BCUT2D eigenvalue weighted by atomic mass is 10.3. The predicted octanol–water partition coefficient (Wildman–Crippen LogP) is 0.0915. The van der Waals surface area contributed by atoms with Crippen molar-refractivity contribution in [2.75, 3.05) is 6.61 Å². The number of nitrogens with zero attached hydrogens (tertiary/aromatic N) is 1. The molecule has 0 aliphatic rings. The Bertz CT molecular complexity index is 614. The molecule has 6 heteroatoms. The predicted molar refractivity (Wildman–Crippen MR) is 65.2 cm³/mol. The molecule has 96 valence electrons. The fourth-order valence-electron chi connectivity index (χ4n) is 1.67. The summed E-state index contributed by atoms with van der Waals surface area (Å²) in [5.74, 6) is -0.909. The molecule has 1 atom stereocenters. The van der Waals surface area contributed by atoms with E-state index >= 15 is 0 Å². The first-order chi connectivity index (χ1) is 8.61. The molecular formula is C12H14N2O4. The molecule has 0 bridgehead atoms. The van der Waals surface area contributed by atoms with Gasteiger partial charge in [0.25, 0.3) is 0 Å². The third-order valence-electron chi connectivity index (χ3n) is 2.56. The number of aliphatic hydroxyl groups excluding tert-OH is 1. The van der Waals surface area contributed by atoms with E-state index in [4.69, 9.17) is 9.52 Å². The highest BCUT2D eigenvalue weighted by atomic mass is 16.4. The van der Waals surface area contributed by atoms with Crippen LogP contribution in [0.4, 0.5) is 0 Å². The highest BCUT2D eigenvalue weighted by Gasteiger charge is 2.13. The van der Waals surface area contributed by atoms with Crippen LogP contribution in [0.2, 0.25) is 0 Å². The molecule has 0 fully saturated rings. The molecule has 1 aromatic carbocycles. The number of rotatable bonds is 4. The summed E-state index contributed by atoms with van der Waals surface area (Å²) < 4.78 is 6.27. The van der Waals surface area contributed by atoms with Crippen molar-refractivity contribution in [1.82, 2.24) is 9.88 Å². The van der Waals surface area contributed by atoms with E-state index in [-0.39, 0.29) is 25.1 Å². The monoisotopic (exact) mass is 250 g/mol. The Balaban J connectivity index is 2.24. The highest BCUT2D eigenvalue weighted by molar-refractivity contribution is 5.79. The maximum Gasteiger partial charge on any atom is 0.420 e. The van der Waals surface area contributed by atoms with E-state index in [9.17, 15) is 9.59 Å². The third kappa shape index (κ3) is 2.43. The van der Waals surface area contributed by atoms with Gasteiger partial charge in [-0.3, -0.25) is 9.36 Å². The van der Waals surface area contributed by atoms with Gasteiger partial charge in [-0.05, 0) is 19.1 Å². The van der Waals surface area contributed by atoms with Gasteiger partial charge in [-0.25, -0.2) is 4.79 Å². The number of aromatic nitrogens is 1. The first kappa shape index (κ1) is 12.4. The van der Waals surface area contributed by atoms with Gasteiger partial charge in [0.2, 0.25) is 5.91 Å². The topological polar surface area (TPSA) is 84.5 Å². The van der Waals surface area contributed by atoms with E-state index in [0.717, 1.165) is 0 Å². The minimum Gasteiger partial charge on any atom is -0.408 e. The van der Waals surface area contributed by atoms with Crippen LogP contribution in [-0.2, 0) is 11.3 Å². The van der Waals surface area contributed by atoms with Crippen molar-refractivity contribution in [3.63, 3.8) is 0 Å². The van der Waals surface area contributed by atoms with Gasteiger partial charge in [0.05, 0.1) is 12.1 Å². The third-order valence-corrected chi connectivity index (χ3v) is 2.56. The minimum atomic E-state index is -0.567. The molecule has 2 rings (SSSR count). The number of aliphatic hydroxyl groups is 1. The van der Waals surface area contributed by atoms with Crippen LogP contribution < -0.4 is 11.1 Å². The van der Waals surface area contributed by atoms with E-state index < -0.39 is 5.76 Å². The van der Waals surface area contributed by atoms with Crippen molar-refractivity contribution in [2.24, 2.45) is 0 Å². The SMILES string of the molecule is C[C@@H](CO)NC(=O)Cn1c(=O)oc2ccccc21. The molecule has 1 aromatic heterocycles. The summed E-state index contributed by atoms with van der Waals surface area (Å²) in [5.41, 5.74) is 1.03. The van der Waals surface area contributed by atoms with Gasteiger partial charge in [-0.15, -0.1) is 0 Å². The van der Waals surface area contributed by atoms with Gasteiger partial charge in [0.15, 0.2) is 5.58 Å². The first-order valence-corrected chi connectivity index (χ1v) is 5.60. The molecule has 0 aliphatic carbocycles. The van der Waals surface area contributed by atoms with Crippen molar-refractivity contribution in [3.05, 3.63) is 34.8 Å².